The van der Waals surface area contributed by atoms with Crippen LogP contribution >= 0.6 is 0 Å². The molecule has 0 atom stereocenters. The molecule has 2 N–H and O–H groups in total. The minimum atomic E-state index is -0.0183. The highest BCUT2D eigenvalue weighted by atomic mass is 16.1. The minimum Gasteiger partial charge on any atom is -0.352 e. The average Bonchev–Trinajstić information content (AvgIpc) is 2.55. The van der Waals surface area contributed by atoms with Crippen molar-refractivity contribution in [2.45, 2.75) is 12.8 Å². The summed E-state index contributed by atoms with van der Waals surface area (Å²) in [6.45, 7) is 2.67. The molecule has 0 spiro atoms. The molecule has 0 bridgehead atoms. The number of pyridine rings is 1. The van der Waals surface area contributed by atoms with Crippen molar-refractivity contribution >= 4 is 16.8 Å². The second-order valence-electron chi connectivity index (χ2n) is 5.23. The van der Waals surface area contributed by atoms with Gasteiger partial charge in [0.2, 0.25) is 0 Å². The number of aromatic nitrogens is 1. The van der Waals surface area contributed by atoms with E-state index in [9.17, 15) is 4.79 Å². The Morgan fingerprint density at radius 1 is 1.33 bits per heavy atom. The number of hydrogen-bond donors (Lipinski definition) is 2. The summed E-state index contributed by atoms with van der Waals surface area (Å²) in [6.07, 6.45) is 5.99. The SMILES string of the molecule is O=C(NCCC1=CCNCC1)c1ccc2ncccc2c1. The molecule has 0 saturated heterocycles. The molecule has 108 valence electrons. The van der Waals surface area contributed by atoms with Gasteiger partial charge in [-0.25, -0.2) is 0 Å². The zero-order chi connectivity index (χ0) is 14.5. The molecule has 1 aliphatic rings. The Morgan fingerprint density at radius 3 is 3.14 bits per heavy atom. The maximum absolute atomic E-state index is 12.2. The summed E-state index contributed by atoms with van der Waals surface area (Å²) >= 11 is 0. The van der Waals surface area contributed by atoms with Crippen molar-refractivity contribution in [3.05, 3.63) is 53.7 Å². The Bertz CT molecular complexity index is 679. The van der Waals surface area contributed by atoms with Crippen LogP contribution in [0.2, 0.25) is 0 Å². The van der Waals surface area contributed by atoms with Crippen LogP contribution in [0, 0.1) is 0 Å². The number of benzene rings is 1. The van der Waals surface area contributed by atoms with Crippen LogP contribution in [0.3, 0.4) is 0 Å². The van der Waals surface area contributed by atoms with Crippen molar-refractivity contribution in [2.75, 3.05) is 19.6 Å². The molecule has 2 heterocycles. The van der Waals surface area contributed by atoms with Crippen LogP contribution < -0.4 is 10.6 Å². The average molecular weight is 281 g/mol. The van der Waals surface area contributed by atoms with Gasteiger partial charge in [0, 0.05) is 30.2 Å². The molecule has 0 unspecified atom stereocenters. The number of carbonyl (C=O) groups excluding carboxylic acids is 1. The lowest BCUT2D eigenvalue weighted by molar-refractivity contribution is 0.0954. The van der Waals surface area contributed by atoms with Gasteiger partial charge in [-0.1, -0.05) is 17.7 Å². The van der Waals surface area contributed by atoms with Crippen molar-refractivity contribution in [1.29, 1.82) is 0 Å². The summed E-state index contributed by atoms with van der Waals surface area (Å²) in [5, 5.41) is 7.27. The fourth-order valence-electron chi connectivity index (χ4n) is 2.55. The van der Waals surface area contributed by atoms with Crippen LogP contribution in [-0.2, 0) is 0 Å². The monoisotopic (exact) mass is 281 g/mol. The number of amides is 1. The normalized spacial score (nSPS) is 14.8. The first-order valence-electron chi connectivity index (χ1n) is 7.34. The van der Waals surface area contributed by atoms with Crippen molar-refractivity contribution in [3.63, 3.8) is 0 Å². The van der Waals surface area contributed by atoms with Crippen LogP contribution in [0.4, 0.5) is 0 Å². The second-order valence-corrected chi connectivity index (χ2v) is 5.23. The third-order valence-corrected chi connectivity index (χ3v) is 3.75. The number of hydrogen-bond acceptors (Lipinski definition) is 3. The number of rotatable bonds is 4. The smallest absolute Gasteiger partial charge is 0.251 e. The van der Waals surface area contributed by atoms with Gasteiger partial charge in [0.1, 0.15) is 0 Å². The molecule has 4 nitrogen and oxygen atoms in total. The topological polar surface area (TPSA) is 54.0 Å². The van der Waals surface area contributed by atoms with Gasteiger partial charge in [0.25, 0.3) is 5.91 Å². The number of carbonyl (C=O) groups is 1. The molecule has 0 saturated carbocycles. The molecule has 0 fully saturated rings. The zero-order valence-electron chi connectivity index (χ0n) is 11.9. The van der Waals surface area contributed by atoms with E-state index in [1.807, 2.05) is 30.3 Å². The van der Waals surface area contributed by atoms with E-state index in [1.54, 1.807) is 6.20 Å². The summed E-state index contributed by atoms with van der Waals surface area (Å²) in [6, 6.07) is 9.46. The van der Waals surface area contributed by atoms with Crippen LogP contribution in [0.25, 0.3) is 10.9 Å². The van der Waals surface area contributed by atoms with E-state index in [4.69, 9.17) is 0 Å². The van der Waals surface area contributed by atoms with E-state index in [1.165, 1.54) is 5.57 Å². The highest BCUT2D eigenvalue weighted by molar-refractivity contribution is 5.97. The predicted molar refractivity (Wildman–Crippen MR) is 84.3 cm³/mol. The number of nitrogens with zero attached hydrogens (tertiary/aromatic N) is 1. The largest absolute Gasteiger partial charge is 0.352 e. The highest BCUT2D eigenvalue weighted by Gasteiger charge is 2.07. The van der Waals surface area contributed by atoms with Crippen LogP contribution in [0.5, 0.6) is 0 Å². The van der Waals surface area contributed by atoms with Crippen molar-refractivity contribution in [3.8, 4) is 0 Å². The van der Waals surface area contributed by atoms with E-state index in [0.29, 0.717) is 12.1 Å². The minimum absolute atomic E-state index is 0.0183. The van der Waals surface area contributed by atoms with E-state index in [2.05, 4.69) is 21.7 Å². The first-order valence-corrected chi connectivity index (χ1v) is 7.34. The lowest BCUT2D eigenvalue weighted by atomic mass is 10.1. The molecule has 1 aliphatic heterocycles. The molecule has 21 heavy (non-hydrogen) atoms. The number of fused-ring (bicyclic) bond motifs is 1. The molecular weight excluding hydrogens is 262 g/mol. The Labute approximate surface area is 124 Å². The number of nitrogens with one attached hydrogen (secondary N) is 2. The first-order chi connectivity index (χ1) is 10.3. The molecule has 4 heteroatoms. The quantitative estimate of drug-likeness (QED) is 0.845. The third kappa shape index (κ3) is 3.47. The highest BCUT2D eigenvalue weighted by Crippen LogP contribution is 2.13. The molecule has 0 radical (unpaired) electrons. The zero-order valence-corrected chi connectivity index (χ0v) is 11.9. The van der Waals surface area contributed by atoms with Gasteiger partial charge < -0.3 is 10.6 Å². The predicted octanol–water partition coefficient (Wildman–Crippen LogP) is 2.27. The fourth-order valence-corrected chi connectivity index (χ4v) is 2.55. The van der Waals surface area contributed by atoms with E-state index in [0.717, 1.165) is 36.8 Å². The van der Waals surface area contributed by atoms with Gasteiger partial charge in [-0.2, -0.15) is 0 Å². The molecule has 1 amide bonds. The lowest BCUT2D eigenvalue weighted by Crippen LogP contribution is -2.26. The Balaban J connectivity index is 1.60. The van der Waals surface area contributed by atoms with Crippen molar-refractivity contribution in [2.24, 2.45) is 0 Å². The van der Waals surface area contributed by atoms with Gasteiger partial charge in [-0.05, 0) is 43.7 Å². The fraction of sp³-hybridized carbons (Fsp3) is 0.294. The van der Waals surface area contributed by atoms with Gasteiger partial charge in [-0.15, -0.1) is 0 Å². The molecule has 3 rings (SSSR count). The summed E-state index contributed by atoms with van der Waals surface area (Å²) in [5.74, 6) is -0.0183. The van der Waals surface area contributed by atoms with Crippen molar-refractivity contribution in [1.82, 2.24) is 15.6 Å². The maximum atomic E-state index is 12.2. The van der Waals surface area contributed by atoms with Crippen LogP contribution in [0.15, 0.2) is 48.2 Å². The molecule has 2 aromatic rings. The molecule has 1 aromatic heterocycles. The molecule has 1 aromatic carbocycles. The van der Waals surface area contributed by atoms with Crippen LogP contribution in [0.1, 0.15) is 23.2 Å². The maximum Gasteiger partial charge on any atom is 0.251 e. The second kappa shape index (κ2) is 6.50. The summed E-state index contributed by atoms with van der Waals surface area (Å²) < 4.78 is 0. The van der Waals surface area contributed by atoms with Crippen molar-refractivity contribution < 1.29 is 4.79 Å². The first kappa shape index (κ1) is 13.8. The summed E-state index contributed by atoms with van der Waals surface area (Å²) in [5.41, 5.74) is 3.03. The Hall–Kier alpha value is -2.20. The Morgan fingerprint density at radius 2 is 2.29 bits per heavy atom. The molecular formula is C17H19N3O. The van der Waals surface area contributed by atoms with Crippen LogP contribution in [-0.4, -0.2) is 30.5 Å². The van der Waals surface area contributed by atoms with E-state index >= 15 is 0 Å². The Kier molecular flexibility index (Phi) is 4.26. The van der Waals surface area contributed by atoms with Gasteiger partial charge >= 0.3 is 0 Å². The van der Waals surface area contributed by atoms with E-state index in [-0.39, 0.29) is 5.91 Å². The van der Waals surface area contributed by atoms with Gasteiger partial charge in [0.15, 0.2) is 0 Å². The molecule has 0 aliphatic carbocycles. The summed E-state index contributed by atoms with van der Waals surface area (Å²) in [7, 11) is 0. The third-order valence-electron chi connectivity index (χ3n) is 3.75. The van der Waals surface area contributed by atoms with E-state index < -0.39 is 0 Å². The lowest BCUT2D eigenvalue weighted by Gasteiger charge is -2.14. The van der Waals surface area contributed by atoms with Gasteiger partial charge in [0.05, 0.1) is 5.52 Å². The van der Waals surface area contributed by atoms with Gasteiger partial charge in [-0.3, -0.25) is 9.78 Å². The standard InChI is InChI=1S/C17H19N3O/c21-17(20-11-7-13-5-9-18-10-6-13)15-3-4-16-14(12-15)2-1-8-19-16/h1-5,8,12,18H,6-7,9-11H2,(H,20,21). The summed E-state index contributed by atoms with van der Waals surface area (Å²) in [4.78, 5) is 16.4.